The molecule has 1 aromatic carbocycles. The Balaban J connectivity index is 3.08. The topological polar surface area (TPSA) is 134 Å². The average molecular weight is 394 g/mol. The smallest absolute Gasteiger partial charge is 0.312 e. The molecule has 1 rings (SSSR count). The van der Waals surface area contributed by atoms with Crippen LogP contribution in [0.15, 0.2) is 30.3 Å². The molecule has 2 amide bonds. The summed E-state index contributed by atoms with van der Waals surface area (Å²) in [6.07, 6.45) is -1.50. The third kappa shape index (κ3) is 6.66. The Morgan fingerprint density at radius 1 is 1.04 bits per heavy atom. The average Bonchev–Trinajstić information content (AvgIpc) is 2.66. The first-order valence-electron chi connectivity index (χ1n) is 8.85. The zero-order valence-corrected chi connectivity index (χ0v) is 16.2. The lowest BCUT2D eigenvalue weighted by atomic mass is 9.94. The lowest BCUT2D eigenvalue weighted by Crippen LogP contribution is -2.53. The molecule has 0 fully saturated rings. The highest BCUT2D eigenvalue weighted by Crippen LogP contribution is 2.19. The number of carbonyl (C=O) groups is 4. The quantitative estimate of drug-likeness (QED) is 0.521. The number of esters is 2. The highest BCUT2D eigenvalue weighted by molar-refractivity contribution is 5.94. The Morgan fingerprint density at radius 3 is 2.14 bits per heavy atom. The molecule has 0 heterocycles. The maximum Gasteiger partial charge on any atom is 0.312 e. The summed E-state index contributed by atoms with van der Waals surface area (Å²) in [5.41, 5.74) is 5.94. The maximum atomic E-state index is 12.7. The molecule has 9 nitrogen and oxygen atoms in total. The van der Waals surface area contributed by atoms with Gasteiger partial charge >= 0.3 is 11.9 Å². The molecule has 1 aromatic rings. The molecule has 0 aliphatic rings. The molecule has 0 aliphatic carbocycles. The van der Waals surface area contributed by atoms with E-state index in [1.807, 2.05) is 0 Å². The molecule has 0 spiro atoms. The van der Waals surface area contributed by atoms with Crippen molar-refractivity contribution in [3.8, 4) is 0 Å². The van der Waals surface area contributed by atoms with Gasteiger partial charge in [-0.3, -0.25) is 19.2 Å². The first-order chi connectivity index (χ1) is 13.3. The van der Waals surface area contributed by atoms with E-state index >= 15 is 0 Å². The van der Waals surface area contributed by atoms with Crippen LogP contribution in [0.5, 0.6) is 0 Å². The van der Waals surface area contributed by atoms with E-state index in [0.29, 0.717) is 5.56 Å². The standard InChI is InChI=1S/C19H26N2O7/c1-4-27-14(22)11-13(19(25)28-5-2)15(17(20)23)21-18(24)16(26-3)12-9-7-6-8-10-12/h6-10,13,15-16H,4-5,11H2,1-3H3,(H2,20,23)(H,21,24)/t13-,15-,16+/m0/s1. The SMILES string of the molecule is CCOC(=O)C[C@H](C(=O)OCC)[C@H](NC(=O)[C@H](OC)c1ccccc1)C(N)=O. The van der Waals surface area contributed by atoms with Gasteiger partial charge in [0.1, 0.15) is 6.04 Å². The molecule has 9 heteroatoms. The number of primary amides is 1. The fourth-order valence-corrected chi connectivity index (χ4v) is 2.61. The molecule has 0 bridgehead atoms. The third-order valence-electron chi connectivity index (χ3n) is 3.86. The van der Waals surface area contributed by atoms with Gasteiger partial charge in [-0.15, -0.1) is 0 Å². The van der Waals surface area contributed by atoms with Gasteiger partial charge < -0.3 is 25.3 Å². The van der Waals surface area contributed by atoms with Crippen LogP contribution in [0.4, 0.5) is 0 Å². The van der Waals surface area contributed by atoms with Crippen LogP contribution in [0, 0.1) is 5.92 Å². The molecule has 0 unspecified atom stereocenters. The van der Waals surface area contributed by atoms with Crippen molar-refractivity contribution >= 4 is 23.8 Å². The second-order valence-electron chi connectivity index (χ2n) is 5.78. The molecule has 0 aliphatic heterocycles. The summed E-state index contributed by atoms with van der Waals surface area (Å²) in [5, 5.41) is 2.41. The highest BCUT2D eigenvalue weighted by atomic mass is 16.5. The predicted molar refractivity (Wildman–Crippen MR) is 98.7 cm³/mol. The molecule has 0 aromatic heterocycles. The van der Waals surface area contributed by atoms with Crippen molar-refractivity contribution in [2.45, 2.75) is 32.4 Å². The van der Waals surface area contributed by atoms with E-state index in [9.17, 15) is 19.2 Å². The zero-order chi connectivity index (χ0) is 21.1. The third-order valence-corrected chi connectivity index (χ3v) is 3.86. The summed E-state index contributed by atoms with van der Waals surface area (Å²) in [5.74, 6) is -4.55. The van der Waals surface area contributed by atoms with Gasteiger partial charge in [0.25, 0.3) is 5.91 Å². The second-order valence-corrected chi connectivity index (χ2v) is 5.78. The largest absolute Gasteiger partial charge is 0.466 e. The summed E-state index contributed by atoms with van der Waals surface area (Å²) < 4.78 is 15.0. The van der Waals surface area contributed by atoms with Crippen LogP contribution in [0.2, 0.25) is 0 Å². The summed E-state index contributed by atoms with van der Waals surface area (Å²) in [6.45, 7) is 3.31. The van der Waals surface area contributed by atoms with E-state index in [1.165, 1.54) is 7.11 Å². The van der Waals surface area contributed by atoms with E-state index in [2.05, 4.69) is 5.32 Å². The van der Waals surface area contributed by atoms with E-state index in [1.54, 1.807) is 44.2 Å². The van der Waals surface area contributed by atoms with Crippen molar-refractivity contribution in [1.82, 2.24) is 5.32 Å². The van der Waals surface area contributed by atoms with Gasteiger partial charge in [0.15, 0.2) is 6.10 Å². The Labute approximate surface area is 163 Å². The van der Waals surface area contributed by atoms with Crippen molar-refractivity contribution in [2.75, 3.05) is 20.3 Å². The fourth-order valence-electron chi connectivity index (χ4n) is 2.61. The molecule has 154 valence electrons. The van der Waals surface area contributed by atoms with Crippen molar-refractivity contribution in [2.24, 2.45) is 11.7 Å². The Morgan fingerprint density at radius 2 is 1.64 bits per heavy atom. The minimum absolute atomic E-state index is 0.0301. The molecular formula is C19H26N2O7. The highest BCUT2D eigenvalue weighted by Gasteiger charge is 2.38. The van der Waals surface area contributed by atoms with E-state index in [4.69, 9.17) is 19.9 Å². The van der Waals surface area contributed by atoms with Gasteiger partial charge in [0, 0.05) is 7.11 Å². The maximum absolute atomic E-state index is 12.7. The van der Waals surface area contributed by atoms with E-state index in [-0.39, 0.29) is 13.2 Å². The number of methoxy groups -OCH3 is 1. The monoisotopic (exact) mass is 394 g/mol. The number of carbonyl (C=O) groups excluding carboxylic acids is 4. The number of ether oxygens (including phenoxy) is 3. The van der Waals surface area contributed by atoms with Crippen molar-refractivity contribution in [3.63, 3.8) is 0 Å². The van der Waals surface area contributed by atoms with Crippen LogP contribution in [0.1, 0.15) is 31.9 Å². The van der Waals surface area contributed by atoms with Crippen LogP contribution in [0.25, 0.3) is 0 Å². The normalized spacial score (nSPS) is 13.7. The van der Waals surface area contributed by atoms with Gasteiger partial charge in [-0.25, -0.2) is 0 Å². The summed E-state index contributed by atoms with van der Waals surface area (Å²) >= 11 is 0. The Kier molecular flexibility index (Phi) is 9.66. The van der Waals surface area contributed by atoms with Crippen LogP contribution in [-0.4, -0.2) is 50.1 Å². The number of nitrogens with one attached hydrogen (secondary N) is 1. The molecule has 28 heavy (non-hydrogen) atoms. The molecule has 0 radical (unpaired) electrons. The lowest BCUT2D eigenvalue weighted by molar-refractivity contribution is -0.157. The molecule has 0 saturated carbocycles. The predicted octanol–water partition coefficient (Wildman–Crippen LogP) is 0.477. The van der Waals surface area contributed by atoms with Crippen molar-refractivity contribution in [3.05, 3.63) is 35.9 Å². The molecule has 3 atom stereocenters. The molecular weight excluding hydrogens is 368 g/mol. The number of benzene rings is 1. The fraction of sp³-hybridized carbons (Fsp3) is 0.474. The summed E-state index contributed by atoms with van der Waals surface area (Å²) in [6, 6.07) is 7.10. The molecule has 3 N–H and O–H groups in total. The van der Waals surface area contributed by atoms with Crippen molar-refractivity contribution < 1.29 is 33.4 Å². The summed E-state index contributed by atoms with van der Waals surface area (Å²) in [7, 11) is 1.33. The molecule has 0 saturated heterocycles. The first-order valence-corrected chi connectivity index (χ1v) is 8.85. The second kappa shape index (κ2) is 11.7. The summed E-state index contributed by atoms with van der Waals surface area (Å²) in [4.78, 5) is 48.8. The van der Waals surface area contributed by atoms with Crippen LogP contribution in [0.3, 0.4) is 0 Å². The van der Waals surface area contributed by atoms with Gasteiger partial charge in [-0.2, -0.15) is 0 Å². The van der Waals surface area contributed by atoms with Gasteiger partial charge in [0.2, 0.25) is 5.91 Å². The van der Waals surface area contributed by atoms with Crippen LogP contribution in [-0.2, 0) is 33.4 Å². The van der Waals surface area contributed by atoms with Crippen LogP contribution < -0.4 is 11.1 Å². The van der Waals surface area contributed by atoms with Gasteiger partial charge in [0.05, 0.1) is 25.6 Å². The Hall–Kier alpha value is -2.94. The number of hydrogen-bond donors (Lipinski definition) is 2. The van der Waals surface area contributed by atoms with Gasteiger partial charge in [-0.1, -0.05) is 30.3 Å². The lowest BCUT2D eigenvalue weighted by Gasteiger charge is -2.25. The van der Waals surface area contributed by atoms with Crippen molar-refractivity contribution in [1.29, 1.82) is 0 Å². The number of nitrogens with two attached hydrogens (primary N) is 1. The van der Waals surface area contributed by atoms with Crippen LogP contribution >= 0.6 is 0 Å². The number of hydrogen-bond acceptors (Lipinski definition) is 7. The first kappa shape index (κ1) is 23.1. The van der Waals surface area contributed by atoms with E-state index < -0.39 is 48.2 Å². The minimum atomic E-state index is -1.47. The number of rotatable bonds is 11. The zero-order valence-electron chi connectivity index (χ0n) is 16.2. The van der Waals surface area contributed by atoms with Gasteiger partial charge in [-0.05, 0) is 19.4 Å². The van der Waals surface area contributed by atoms with E-state index in [0.717, 1.165) is 0 Å². The Bertz CT molecular complexity index is 678. The minimum Gasteiger partial charge on any atom is -0.466 e. The number of amides is 2.